The zero-order chi connectivity index (χ0) is 15.2. The van der Waals surface area contributed by atoms with Gasteiger partial charge in [0.05, 0.1) is 23.3 Å². The van der Waals surface area contributed by atoms with Crippen LogP contribution in [0.5, 0.6) is 11.5 Å². The Hall–Kier alpha value is -0.780. The van der Waals surface area contributed by atoms with Gasteiger partial charge in [-0.2, -0.15) is 0 Å². The molecule has 2 N–H and O–H groups in total. The first kappa shape index (κ1) is 17.3. The van der Waals surface area contributed by atoms with Crippen LogP contribution in [0.2, 0.25) is 0 Å². The third-order valence-corrected chi connectivity index (χ3v) is 3.70. The molecule has 0 amide bonds. The number of benzene rings is 1. The second-order valence-electron chi connectivity index (χ2n) is 5.10. The van der Waals surface area contributed by atoms with E-state index in [0.29, 0.717) is 19.8 Å². The Morgan fingerprint density at radius 3 is 2.50 bits per heavy atom. The molecule has 4 nitrogen and oxygen atoms in total. The van der Waals surface area contributed by atoms with Gasteiger partial charge in [0.1, 0.15) is 0 Å². The van der Waals surface area contributed by atoms with E-state index in [0.717, 1.165) is 28.0 Å². The fourth-order valence-corrected chi connectivity index (χ4v) is 2.25. The van der Waals surface area contributed by atoms with Crippen LogP contribution in [0, 0.1) is 0 Å². The Labute approximate surface area is 129 Å². The van der Waals surface area contributed by atoms with Gasteiger partial charge in [-0.1, -0.05) is 0 Å². The fraction of sp³-hybridized carbons (Fsp3) is 0.600. The lowest BCUT2D eigenvalue weighted by atomic mass is 10.1. The highest BCUT2D eigenvalue weighted by molar-refractivity contribution is 9.10. The monoisotopic (exact) mass is 345 g/mol. The van der Waals surface area contributed by atoms with Crippen molar-refractivity contribution >= 4 is 15.9 Å². The van der Waals surface area contributed by atoms with Crippen molar-refractivity contribution in [2.24, 2.45) is 5.73 Å². The summed E-state index contributed by atoms with van der Waals surface area (Å²) in [5, 5.41) is 0. The van der Waals surface area contributed by atoms with Crippen molar-refractivity contribution in [2.75, 3.05) is 20.3 Å². The molecule has 0 atom stereocenters. The highest BCUT2D eigenvalue weighted by atomic mass is 79.9. The van der Waals surface area contributed by atoms with E-state index in [1.54, 1.807) is 7.11 Å². The van der Waals surface area contributed by atoms with Crippen molar-refractivity contribution in [3.8, 4) is 11.5 Å². The zero-order valence-corrected chi connectivity index (χ0v) is 14.2. The minimum absolute atomic E-state index is 0.199. The molecule has 0 saturated heterocycles. The number of rotatable bonds is 8. The first-order valence-electron chi connectivity index (χ1n) is 6.76. The normalized spacial score (nSPS) is 11.5. The van der Waals surface area contributed by atoms with Crippen LogP contribution in [0.4, 0.5) is 0 Å². The maximum absolute atomic E-state index is 5.86. The van der Waals surface area contributed by atoms with Crippen LogP contribution in [0.15, 0.2) is 16.6 Å². The lowest BCUT2D eigenvalue weighted by Gasteiger charge is -2.23. The lowest BCUT2D eigenvalue weighted by molar-refractivity contribution is 0.00514. The first-order valence-corrected chi connectivity index (χ1v) is 7.56. The maximum atomic E-state index is 5.86. The minimum atomic E-state index is -0.199. The summed E-state index contributed by atoms with van der Waals surface area (Å²) in [6, 6.07) is 3.88. The van der Waals surface area contributed by atoms with Crippen LogP contribution in [-0.4, -0.2) is 25.9 Å². The van der Waals surface area contributed by atoms with E-state index in [-0.39, 0.29) is 5.60 Å². The molecule has 0 saturated carbocycles. The molecule has 20 heavy (non-hydrogen) atoms. The topological polar surface area (TPSA) is 53.7 Å². The Kier molecular flexibility index (Phi) is 6.79. The van der Waals surface area contributed by atoms with E-state index >= 15 is 0 Å². The Balaban J connectivity index is 2.82. The molecule has 0 aliphatic rings. The summed E-state index contributed by atoms with van der Waals surface area (Å²) >= 11 is 3.51. The largest absolute Gasteiger partial charge is 0.490 e. The lowest BCUT2D eigenvalue weighted by Crippen LogP contribution is -2.25. The Morgan fingerprint density at radius 2 is 1.95 bits per heavy atom. The number of hydrogen-bond donors (Lipinski definition) is 1. The van der Waals surface area contributed by atoms with Gasteiger partial charge in [-0.05, 0) is 54.4 Å². The molecule has 1 aromatic carbocycles. The van der Waals surface area contributed by atoms with Gasteiger partial charge in [0.2, 0.25) is 0 Å². The molecule has 1 aromatic rings. The van der Waals surface area contributed by atoms with Gasteiger partial charge in [0, 0.05) is 20.1 Å². The van der Waals surface area contributed by atoms with Gasteiger partial charge in [-0.15, -0.1) is 0 Å². The summed E-state index contributed by atoms with van der Waals surface area (Å²) in [6.07, 6.45) is 0.792. The molecule has 0 radical (unpaired) electrons. The van der Waals surface area contributed by atoms with Gasteiger partial charge >= 0.3 is 0 Å². The second-order valence-corrected chi connectivity index (χ2v) is 5.96. The van der Waals surface area contributed by atoms with Crippen LogP contribution in [0.25, 0.3) is 0 Å². The summed E-state index contributed by atoms with van der Waals surface area (Å²) in [7, 11) is 1.71. The minimum Gasteiger partial charge on any atom is -0.490 e. The predicted octanol–water partition coefficient (Wildman–Crippen LogP) is 3.50. The predicted molar refractivity (Wildman–Crippen MR) is 84.4 cm³/mol. The van der Waals surface area contributed by atoms with Gasteiger partial charge in [0.15, 0.2) is 11.5 Å². The first-order chi connectivity index (χ1) is 9.43. The van der Waals surface area contributed by atoms with Crippen molar-refractivity contribution < 1.29 is 14.2 Å². The van der Waals surface area contributed by atoms with Gasteiger partial charge < -0.3 is 19.9 Å². The molecular weight excluding hydrogens is 322 g/mol. The molecule has 114 valence electrons. The van der Waals surface area contributed by atoms with Crippen molar-refractivity contribution in [2.45, 2.75) is 39.3 Å². The van der Waals surface area contributed by atoms with E-state index in [1.807, 2.05) is 32.9 Å². The van der Waals surface area contributed by atoms with Crippen molar-refractivity contribution in [3.63, 3.8) is 0 Å². The average molecular weight is 346 g/mol. The van der Waals surface area contributed by atoms with E-state index in [1.165, 1.54) is 0 Å². The molecule has 5 heteroatoms. The average Bonchev–Trinajstić information content (AvgIpc) is 2.41. The quantitative estimate of drug-likeness (QED) is 0.783. The van der Waals surface area contributed by atoms with Crippen LogP contribution in [0.3, 0.4) is 0 Å². The number of hydrogen-bond acceptors (Lipinski definition) is 4. The maximum Gasteiger partial charge on any atom is 0.175 e. The van der Waals surface area contributed by atoms with Crippen LogP contribution in [0.1, 0.15) is 32.8 Å². The fourth-order valence-electron chi connectivity index (χ4n) is 1.64. The summed E-state index contributed by atoms with van der Waals surface area (Å²) in [4.78, 5) is 0. The van der Waals surface area contributed by atoms with Crippen molar-refractivity contribution in [3.05, 3.63) is 22.2 Å². The van der Waals surface area contributed by atoms with Gasteiger partial charge in [-0.3, -0.25) is 0 Å². The van der Waals surface area contributed by atoms with Crippen molar-refractivity contribution in [1.29, 1.82) is 0 Å². The summed E-state index contributed by atoms with van der Waals surface area (Å²) in [5.41, 5.74) is 6.48. The molecule has 0 aliphatic heterocycles. The Morgan fingerprint density at radius 1 is 1.25 bits per heavy atom. The summed E-state index contributed by atoms with van der Waals surface area (Å²) in [6.45, 7) is 7.62. The smallest absolute Gasteiger partial charge is 0.175 e. The van der Waals surface area contributed by atoms with Crippen LogP contribution in [-0.2, 0) is 11.3 Å². The third kappa shape index (κ3) is 4.96. The molecule has 0 heterocycles. The summed E-state index contributed by atoms with van der Waals surface area (Å²) in [5.74, 6) is 1.44. The van der Waals surface area contributed by atoms with E-state index in [4.69, 9.17) is 19.9 Å². The van der Waals surface area contributed by atoms with Crippen LogP contribution < -0.4 is 15.2 Å². The Bertz CT molecular complexity index is 435. The molecule has 0 fully saturated rings. The van der Waals surface area contributed by atoms with E-state index in [2.05, 4.69) is 15.9 Å². The molecule has 0 spiro atoms. The third-order valence-electron chi connectivity index (χ3n) is 3.11. The molecule has 0 unspecified atom stereocenters. The molecule has 0 bridgehead atoms. The highest BCUT2D eigenvalue weighted by Crippen LogP contribution is 2.37. The molecule has 0 aromatic heterocycles. The second kappa shape index (κ2) is 7.86. The highest BCUT2D eigenvalue weighted by Gasteiger charge is 2.18. The molecule has 0 aliphatic carbocycles. The SMILES string of the molecule is CCOc1cc(CN)cc(Br)c1OCCC(C)(C)OC. The van der Waals surface area contributed by atoms with E-state index in [9.17, 15) is 0 Å². The summed E-state index contributed by atoms with van der Waals surface area (Å²) < 4.78 is 17.7. The number of methoxy groups -OCH3 is 1. The zero-order valence-electron chi connectivity index (χ0n) is 12.7. The van der Waals surface area contributed by atoms with Gasteiger partial charge in [-0.25, -0.2) is 0 Å². The van der Waals surface area contributed by atoms with E-state index < -0.39 is 0 Å². The number of halogens is 1. The standard InChI is InChI=1S/C15H24BrNO3/c1-5-19-13-9-11(10-17)8-12(16)14(13)20-7-6-15(2,3)18-4/h8-9H,5-7,10,17H2,1-4H3. The number of nitrogens with two attached hydrogens (primary N) is 1. The molecule has 1 rings (SSSR count). The molecular formula is C15H24BrNO3. The number of ether oxygens (including phenoxy) is 3. The van der Waals surface area contributed by atoms with Crippen LogP contribution >= 0.6 is 15.9 Å². The van der Waals surface area contributed by atoms with Gasteiger partial charge in [0.25, 0.3) is 0 Å². The van der Waals surface area contributed by atoms with Crippen molar-refractivity contribution in [1.82, 2.24) is 0 Å².